The van der Waals surface area contributed by atoms with Gasteiger partial charge in [-0.2, -0.15) is 11.3 Å². The standard InChI is InChI=1S/C16H20ClNO2S/c1-11(18)7-13-8-14(17)9-15(19-2)16(13)20-5-3-12-4-6-21-10-12/h4,6,8-11H,3,5,7,18H2,1-2H3. The normalized spacial score (nSPS) is 12.2. The molecule has 5 heteroatoms. The molecule has 0 amide bonds. The number of hydrogen-bond acceptors (Lipinski definition) is 4. The van der Waals surface area contributed by atoms with Gasteiger partial charge in [0.05, 0.1) is 13.7 Å². The molecule has 0 aliphatic rings. The van der Waals surface area contributed by atoms with Crippen molar-refractivity contribution < 1.29 is 9.47 Å². The van der Waals surface area contributed by atoms with Crippen LogP contribution in [0.3, 0.4) is 0 Å². The zero-order valence-corrected chi connectivity index (χ0v) is 13.8. The number of benzene rings is 1. The van der Waals surface area contributed by atoms with E-state index in [0.29, 0.717) is 23.8 Å². The van der Waals surface area contributed by atoms with Crippen LogP contribution in [0.2, 0.25) is 5.02 Å². The van der Waals surface area contributed by atoms with E-state index in [9.17, 15) is 0 Å². The average molecular weight is 326 g/mol. The molecular weight excluding hydrogens is 306 g/mol. The Morgan fingerprint density at radius 1 is 1.38 bits per heavy atom. The van der Waals surface area contributed by atoms with Crippen LogP contribution < -0.4 is 15.2 Å². The molecule has 0 aliphatic heterocycles. The minimum atomic E-state index is 0.0346. The van der Waals surface area contributed by atoms with Crippen LogP contribution in [0, 0.1) is 0 Å². The van der Waals surface area contributed by atoms with E-state index in [1.54, 1.807) is 24.5 Å². The predicted molar refractivity (Wildman–Crippen MR) is 88.9 cm³/mol. The molecule has 21 heavy (non-hydrogen) atoms. The third kappa shape index (κ3) is 4.63. The fraction of sp³-hybridized carbons (Fsp3) is 0.375. The summed E-state index contributed by atoms with van der Waals surface area (Å²) in [4.78, 5) is 0. The summed E-state index contributed by atoms with van der Waals surface area (Å²) in [5.41, 5.74) is 8.17. The summed E-state index contributed by atoms with van der Waals surface area (Å²) in [7, 11) is 1.62. The molecule has 0 aliphatic carbocycles. The van der Waals surface area contributed by atoms with Crippen molar-refractivity contribution in [3.8, 4) is 11.5 Å². The maximum atomic E-state index is 6.12. The highest BCUT2D eigenvalue weighted by Crippen LogP contribution is 2.35. The monoisotopic (exact) mass is 325 g/mol. The van der Waals surface area contributed by atoms with Gasteiger partial charge in [-0.3, -0.25) is 0 Å². The van der Waals surface area contributed by atoms with Crippen LogP contribution in [0.5, 0.6) is 11.5 Å². The highest BCUT2D eigenvalue weighted by atomic mass is 35.5. The number of ether oxygens (including phenoxy) is 2. The third-order valence-electron chi connectivity index (χ3n) is 3.08. The number of methoxy groups -OCH3 is 1. The van der Waals surface area contributed by atoms with E-state index in [2.05, 4.69) is 16.8 Å². The Labute approximate surface area is 134 Å². The largest absolute Gasteiger partial charge is 0.493 e. The van der Waals surface area contributed by atoms with Gasteiger partial charge < -0.3 is 15.2 Å². The van der Waals surface area contributed by atoms with Crippen molar-refractivity contribution >= 4 is 22.9 Å². The van der Waals surface area contributed by atoms with E-state index >= 15 is 0 Å². The SMILES string of the molecule is COc1cc(Cl)cc(CC(C)N)c1OCCc1ccsc1. The van der Waals surface area contributed by atoms with Gasteiger partial charge in [-0.05, 0) is 41.8 Å². The van der Waals surface area contributed by atoms with Crippen molar-refractivity contribution in [3.63, 3.8) is 0 Å². The van der Waals surface area contributed by atoms with Gasteiger partial charge in [0.2, 0.25) is 0 Å². The molecule has 0 saturated carbocycles. The fourth-order valence-corrected chi connectivity index (χ4v) is 3.08. The Morgan fingerprint density at radius 3 is 2.81 bits per heavy atom. The quantitative estimate of drug-likeness (QED) is 0.839. The van der Waals surface area contributed by atoms with Crippen molar-refractivity contribution in [2.75, 3.05) is 13.7 Å². The molecule has 0 bridgehead atoms. The Morgan fingerprint density at radius 2 is 2.19 bits per heavy atom. The van der Waals surface area contributed by atoms with Crippen molar-refractivity contribution in [2.45, 2.75) is 25.8 Å². The Kier molecular flexibility index (Phi) is 5.91. The maximum absolute atomic E-state index is 6.12. The van der Waals surface area contributed by atoms with Gasteiger partial charge in [0.15, 0.2) is 11.5 Å². The predicted octanol–water partition coefficient (Wildman–Crippen LogP) is 3.92. The van der Waals surface area contributed by atoms with Gasteiger partial charge >= 0.3 is 0 Å². The number of halogens is 1. The third-order valence-corrected chi connectivity index (χ3v) is 4.03. The lowest BCUT2D eigenvalue weighted by atomic mass is 10.1. The summed E-state index contributed by atoms with van der Waals surface area (Å²) in [6.45, 7) is 2.56. The number of hydrogen-bond donors (Lipinski definition) is 1. The minimum absolute atomic E-state index is 0.0346. The van der Waals surface area contributed by atoms with Crippen molar-refractivity contribution in [3.05, 3.63) is 45.1 Å². The molecule has 2 N–H and O–H groups in total. The molecule has 0 fully saturated rings. The van der Waals surface area contributed by atoms with Crippen LogP contribution in [0.15, 0.2) is 29.0 Å². The first kappa shape index (κ1) is 16.1. The second-order valence-corrected chi connectivity index (χ2v) is 6.22. The average Bonchev–Trinajstić information content (AvgIpc) is 2.93. The van der Waals surface area contributed by atoms with Crippen LogP contribution >= 0.6 is 22.9 Å². The lowest BCUT2D eigenvalue weighted by Crippen LogP contribution is -2.18. The molecule has 2 aromatic rings. The zero-order valence-electron chi connectivity index (χ0n) is 12.3. The minimum Gasteiger partial charge on any atom is -0.493 e. The van der Waals surface area contributed by atoms with E-state index < -0.39 is 0 Å². The molecule has 0 spiro atoms. The lowest BCUT2D eigenvalue weighted by molar-refractivity contribution is 0.294. The second kappa shape index (κ2) is 7.69. The highest BCUT2D eigenvalue weighted by molar-refractivity contribution is 7.07. The molecule has 1 aromatic heterocycles. The zero-order chi connectivity index (χ0) is 15.2. The first-order valence-electron chi connectivity index (χ1n) is 6.86. The van der Waals surface area contributed by atoms with Gasteiger partial charge in [-0.1, -0.05) is 11.6 Å². The van der Waals surface area contributed by atoms with E-state index in [0.717, 1.165) is 17.7 Å². The van der Waals surface area contributed by atoms with Gasteiger partial charge in [0, 0.05) is 29.1 Å². The molecule has 1 atom stereocenters. The fourth-order valence-electron chi connectivity index (χ4n) is 2.14. The molecule has 3 nitrogen and oxygen atoms in total. The number of thiophene rings is 1. The molecule has 0 radical (unpaired) electrons. The van der Waals surface area contributed by atoms with E-state index in [-0.39, 0.29) is 6.04 Å². The van der Waals surface area contributed by atoms with Gasteiger partial charge in [0.1, 0.15) is 0 Å². The van der Waals surface area contributed by atoms with Gasteiger partial charge in [-0.15, -0.1) is 0 Å². The van der Waals surface area contributed by atoms with Crippen LogP contribution in [0.1, 0.15) is 18.1 Å². The van der Waals surface area contributed by atoms with E-state index in [1.807, 2.05) is 13.0 Å². The molecule has 2 rings (SSSR count). The maximum Gasteiger partial charge on any atom is 0.164 e. The molecule has 1 aromatic carbocycles. The van der Waals surface area contributed by atoms with Crippen LogP contribution in [-0.2, 0) is 12.8 Å². The lowest BCUT2D eigenvalue weighted by Gasteiger charge is -2.17. The summed E-state index contributed by atoms with van der Waals surface area (Å²) in [5.74, 6) is 1.40. The van der Waals surface area contributed by atoms with Gasteiger partial charge in [-0.25, -0.2) is 0 Å². The highest BCUT2D eigenvalue weighted by Gasteiger charge is 2.14. The smallest absolute Gasteiger partial charge is 0.164 e. The molecular formula is C16H20ClNO2S. The molecule has 1 unspecified atom stereocenters. The summed E-state index contributed by atoms with van der Waals surface area (Å²) >= 11 is 7.82. The molecule has 0 saturated heterocycles. The van der Waals surface area contributed by atoms with Crippen molar-refractivity contribution in [2.24, 2.45) is 5.73 Å². The first-order chi connectivity index (χ1) is 10.1. The second-order valence-electron chi connectivity index (χ2n) is 5.01. The van der Waals surface area contributed by atoms with Crippen LogP contribution in [0.4, 0.5) is 0 Å². The summed E-state index contributed by atoms with van der Waals surface area (Å²) in [6, 6.07) is 5.81. The number of nitrogens with two attached hydrogens (primary N) is 1. The Balaban J connectivity index is 2.14. The van der Waals surface area contributed by atoms with Crippen LogP contribution in [0.25, 0.3) is 0 Å². The topological polar surface area (TPSA) is 44.5 Å². The van der Waals surface area contributed by atoms with Crippen molar-refractivity contribution in [1.82, 2.24) is 0 Å². The summed E-state index contributed by atoms with van der Waals surface area (Å²) < 4.78 is 11.3. The first-order valence-corrected chi connectivity index (χ1v) is 8.18. The molecule has 114 valence electrons. The van der Waals surface area contributed by atoms with E-state index in [4.69, 9.17) is 26.8 Å². The molecule has 1 heterocycles. The van der Waals surface area contributed by atoms with Crippen LogP contribution in [-0.4, -0.2) is 19.8 Å². The van der Waals surface area contributed by atoms with E-state index in [1.165, 1.54) is 5.56 Å². The Bertz CT molecular complexity index is 570. The summed E-state index contributed by atoms with van der Waals surface area (Å²) in [5, 5.41) is 4.83. The van der Waals surface area contributed by atoms with Gasteiger partial charge in [0.25, 0.3) is 0 Å². The number of rotatable bonds is 7. The van der Waals surface area contributed by atoms with Crippen molar-refractivity contribution in [1.29, 1.82) is 0 Å². The Hall–Kier alpha value is -1.23. The summed E-state index contributed by atoms with van der Waals surface area (Å²) in [6.07, 6.45) is 1.57.